The van der Waals surface area contributed by atoms with E-state index >= 15 is 26.3 Å². The fourth-order valence-electron chi connectivity index (χ4n) is 8.14. The van der Waals surface area contributed by atoms with Crippen LogP contribution in [0.4, 0.5) is 26.3 Å². The molecular weight excluding hydrogens is 847 g/mol. The standard InChI is InChI=1S/C43H32F6N4O4S3/c1-19(2)53-38-26(17-50-53)34(23-12-14-28(56-5)29(15-23)57-6)37-39(51-38)52(40(55)60-37)18-27(54)22-11-13-25-31(16-22)59-21(4)33(25)36-35(41(44,45)43(48,49)42(36,46)47)32-20(3)58-30-10-8-7-9-24(30)32/h7-17,19H,18H2,1-6H3. The number of pyridine rings is 1. The second-order valence-corrected chi connectivity index (χ2v) is 18.2. The number of aromatic nitrogens is 4. The molecule has 0 saturated heterocycles. The van der Waals surface area contributed by atoms with E-state index in [9.17, 15) is 9.59 Å². The molecule has 0 N–H and O–H groups in total. The third-order valence-electron chi connectivity index (χ3n) is 10.9. The van der Waals surface area contributed by atoms with Gasteiger partial charge < -0.3 is 9.47 Å². The van der Waals surface area contributed by atoms with Crippen LogP contribution < -0.4 is 14.3 Å². The van der Waals surface area contributed by atoms with E-state index in [1.165, 1.54) is 63.0 Å². The Morgan fingerprint density at radius 3 is 2.03 bits per heavy atom. The van der Waals surface area contributed by atoms with Crippen molar-refractivity contribution in [2.75, 3.05) is 14.2 Å². The molecule has 0 radical (unpaired) electrons. The summed E-state index contributed by atoms with van der Waals surface area (Å²) in [6.45, 7) is 6.25. The third kappa shape index (κ3) is 5.54. The van der Waals surface area contributed by atoms with Gasteiger partial charge >= 0.3 is 22.6 Å². The number of rotatable bonds is 9. The van der Waals surface area contributed by atoms with Crippen molar-refractivity contribution in [1.29, 1.82) is 0 Å². The van der Waals surface area contributed by atoms with Gasteiger partial charge in [0.05, 0.1) is 31.7 Å². The quantitative estimate of drug-likeness (QED) is 0.106. The highest BCUT2D eigenvalue weighted by molar-refractivity contribution is 7.20. The summed E-state index contributed by atoms with van der Waals surface area (Å²) in [4.78, 5) is 32.5. The first kappa shape index (κ1) is 39.9. The van der Waals surface area contributed by atoms with Gasteiger partial charge in [0.2, 0.25) is 0 Å². The number of ketones is 1. The zero-order valence-electron chi connectivity index (χ0n) is 32.5. The van der Waals surface area contributed by atoms with Gasteiger partial charge in [-0.15, -0.1) is 22.7 Å². The lowest BCUT2D eigenvalue weighted by atomic mass is 9.91. The third-order valence-corrected chi connectivity index (χ3v) is 14.1. The topological polar surface area (TPSA) is 88.2 Å². The fraction of sp³-hybridized carbons (Fsp3) is 0.256. The van der Waals surface area contributed by atoms with Crippen LogP contribution in [0.5, 0.6) is 11.5 Å². The largest absolute Gasteiger partial charge is 0.493 e. The number of hydrogen-bond donors (Lipinski definition) is 0. The lowest BCUT2D eigenvalue weighted by molar-refractivity contribution is -0.254. The van der Waals surface area contributed by atoms with E-state index in [0.717, 1.165) is 34.0 Å². The van der Waals surface area contributed by atoms with Gasteiger partial charge in [0, 0.05) is 74.8 Å². The number of thiophene rings is 2. The number of hydrogen-bond acceptors (Lipinski definition) is 9. The highest BCUT2D eigenvalue weighted by Crippen LogP contribution is 2.67. The minimum Gasteiger partial charge on any atom is -0.493 e. The summed E-state index contributed by atoms with van der Waals surface area (Å²) < 4.78 is 110. The van der Waals surface area contributed by atoms with Crippen molar-refractivity contribution in [2.45, 2.75) is 58.0 Å². The molecule has 8 aromatic rings. The molecule has 9 rings (SSSR count). The first-order valence-corrected chi connectivity index (χ1v) is 20.9. The maximum atomic E-state index is 16.1. The summed E-state index contributed by atoms with van der Waals surface area (Å²) in [7, 11) is 3.03. The van der Waals surface area contributed by atoms with E-state index in [4.69, 9.17) is 14.5 Å². The van der Waals surface area contributed by atoms with Crippen LogP contribution in [0.25, 0.3) is 63.8 Å². The second-order valence-electron chi connectivity index (χ2n) is 14.8. The Bertz CT molecular complexity index is 3210. The SMILES string of the molecule is COc1ccc(-c2c3cnn(C(C)C)c3nc3c2sc(=O)n3CC(=O)c2ccc3c(C4=C(c5c(C)sc6ccccc56)C(F)(F)C(F)(F)C4(F)F)c(C)sc3c2)cc1OC. The van der Waals surface area contributed by atoms with E-state index in [0.29, 0.717) is 43.1 Å². The predicted molar refractivity (Wildman–Crippen MR) is 225 cm³/mol. The number of carbonyl (C=O) groups excluding carboxylic acids is 1. The average molecular weight is 879 g/mol. The van der Waals surface area contributed by atoms with Crippen LogP contribution in [-0.4, -0.2) is 57.1 Å². The summed E-state index contributed by atoms with van der Waals surface area (Å²) in [5.74, 6) is -15.8. The number of Topliss-reactive ketones (excluding diaryl/α,β-unsaturated/α-hetero) is 1. The van der Waals surface area contributed by atoms with Gasteiger partial charge in [-0.05, 0) is 57.5 Å². The van der Waals surface area contributed by atoms with Crippen molar-refractivity contribution in [2.24, 2.45) is 0 Å². The minimum absolute atomic E-state index is 0.00984. The molecule has 8 nitrogen and oxygen atoms in total. The van der Waals surface area contributed by atoms with Crippen molar-refractivity contribution in [3.63, 3.8) is 0 Å². The molecule has 0 fully saturated rings. The van der Waals surface area contributed by atoms with E-state index in [2.05, 4.69) is 5.10 Å². The summed E-state index contributed by atoms with van der Waals surface area (Å²) in [5, 5.41) is 5.41. The highest BCUT2D eigenvalue weighted by Gasteiger charge is 2.80. The lowest BCUT2D eigenvalue weighted by Crippen LogP contribution is -2.48. The Hall–Kier alpha value is -5.52. The summed E-state index contributed by atoms with van der Waals surface area (Å²) >= 11 is 2.87. The Balaban J connectivity index is 1.17. The minimum atomic E-state index is -5.74. The first-order chi connectivity index (χ1) is 28.4. The molecule has 0 atom stereocenters. The average Bonchev–Trinajstić information content (AvgIpc) is 3.97. The van der Waals surface area contributed by atoms with Crippen LogP contribution in [0.3, 0.4) is 0 Å². The molecule has 308 valence electrons. The van der Waals surface area contributed by atoms with Gasteiger partial charge in [0.15, 0.2) is 28.6 Å². The number of fused-ring (bicyclic) bond motifs is 4. The van der Waals surface area contributed by atoms with Crippen LogP contribution in [-0.2, 0) is 6.54 Å². The highest BCUT2D eigenvalue weighted by atomic mass is 32.1. The van der Waals surface area contributed by atoms with Crippen molar-refractivity contribution in [1.82, 2.24) is 19.3 Å². The summed E-state index contributed by atoms with van der Waals surface area (Å²) in [6, 6.07) is 15.5. The van der Waals surface area contributed by atoms with Gasteiger partial charge in [0.25, 0.3) is 0 Å². The van der Waals surface area contributed by atoms with E-state index in [1.807, 2.05) is 19.9 Å². The molecule has 0 aliphatic heterocycles. The molecule has 60 heavy (non-hydrogen) atoms. The van der Waals surface area contributed by atoms with Gasteiger partial charge in [0.1, 0.15) is 0 Å². The molecule has 17 heteroatoms. The number of nitrogens with zero attached hydrogens (tertiary/aromatic N) is 4. The number of allylic oxidation sites excluding steroid dienone is 2. The Morgan fingerprint density at radius 2 is 1.38 bits per heavy atom. The zero-order chi connectivity index (χ0) is 42.8. The predicted octanol–water partition coefficient (Wildman–Crippen LogP) is 11.8. The molecule has 0 unspecified atom stereocenters. The van der Waals surface area contributed by atoms with Gasteiger partial charge in [-0.2, -0.15) is 31.4 Å². The number of alkyl halides is 6. The van der Waals surface area contributed by atoms with Gasteiger partial charge in [-0.3, -0.25) is 14.2 Å². The molecule has 5 heterocycles. The molecule has 0 spiro atoms. The smallest absolute Gasteiger partial charge is 0.380 e. The number of aryl methyl sites for hydroxylation is 2. The van der Waals surface area contributed by atoms with Gasteiger partial charge in [-0.1, -0.05) is 47.7 Å². The van der Waals surface area contributed by atoms with Crippen LogP contribution in [0.1, 0.15) is 51.1 Å². The molecule has 0 saturated carbocycles. The number of methoxy groups -OCH3 is 2. The number of halogens is 6. The van der Waals surface area contributed by atoms with Crippen molar-refractivity contribution in [3.8, 4) is 22.6 Å². The van der Waals surface area contributed by atoms with E-state index in [1.54, 1.807) is 35.1 Å². The molecule has 1 aliphatic rings. The zero-order valence-corrected chi connectivity index (χ0v) is 35.0. The van der Waals surface area contributed by atoms with Crippen molar-refractivity contribution in [3.05, 3.63) is 103 Å². The molecule has 3 aromatic carbocycles. The Morgan fingerprint density at radius 1 is 0.750 bits per heavy atom. The molecule has 0 bridgehead atoms. The van der Waals surface area contributed by atoms with Crippen LogP contribution >= 0.6 is 34.0 Å². The molecule has 0 amide bonds. The molecule has 1 aliphatic carbocycles. The normalized spacial score (nSPS) is 16.0. The van der Waals surface area contributed by atoms with Crippen molar-refractivity contribution < 1.29 is 40.6 Å². The van der Waals surface area contributed by atoms with Gasteiger partial charge in [-0.25, -0.2) is 9.67 Å². The van der Waals surface area contributed by atoms with Crippen LogP contribution in [0, 0.1) is 13.8 Å². The van der Waals surface area contributed by atoms with E-state index in [-0.39, 0.29) is 48.0 Å². The number of carbonyl (C=O) groups is 1. The number of ether oxygens (including phenoxy) is 2. The Kier molecular flexibility index (Phi) is 9.15. The fourth-order valence-corrected chi connectivity index (χ4v) is 11.3. The maximum absolute atomic E-state index is 16.1. The van der Waals surface area contributed by atoms with Crippen LogP contribution in [0.15, 0.2) is 71.7 Å². The summed E-state index contributed by atoms with van der Waals surface area (Å²) in [6.07, 6.45) is 1.67. The maximum Gasteiger partial charge on any atom is 0.380 e. The number of benzene rings is 3. The molecular formula is C43H32F6N4O4S3. The molecule has 5 aromatic heterocycles. The second kappa shape index (κ2) is 13.8. The van der Waals surface area contributed by atoms with E-state index < -0.39 is 51.7 Å². The lowest BCUT2D eigenvalue weighted by Gasteiger charge is -2.26. The number of thiazole rings is 1. The Labute approximate surface area is 348 Å². The monoisotopic (exact) mass is 878 g/mol. The van der Waals surface area contributed by atoms with Crippen LogP contribution in [0.2, 0.25) is 0 Å². The summed E-state index contributed by atoms with van der Waals surface area (Å²) in [5.41, 5.74) is -1.50. The van der Waals surface area contributed by atoms with Crippen molar-refractivity contribution >= 4 is 92.5 Å². The first-order valence-electron chi connectivity index (χ1n) is 18.5.